The number of amides is 1. The Balaban J connectivity index is 2.47. The van der Waals surface area contributed by atoms with Crippen molar-refractivity contribution in [1.82, 2.24) is 20.4 Å². The lowest BCUT2D eigenvalue weighted by Gasteiger charge is -2.23. The highest BCUT2D eigenvalue weighted by Gasteiger charge is 2.33. The summed E-state index contributed by atoms with van der Waals surface area (Å²) in [6.45, 7) is 14.9. The molecule has 2 N–H and O–H groups in total. The van der Waals surface area contributed by atoms with Gasteiger partial charge in [0.2, 0.25) is 0 Å². The number of esters is 2. The first-order valence-electron chi connectivity index (χ1n) is 27.3. The molecule has 0 aromatic heterocycles. The fourth-order valence-electron chi connectivity index (χ4n) is 9.05. The summed E-state index contributed by atoms with van der Waals surface area (Å²) in [5, 5.41) is 6.69. The normalized spacial score (nSPS) is 14.7. The van der Waals surface area contributed by atoms with E-state index in [0.29, 0.717) is 18.5 Å². The molecule has 0 saturated carbocycles. The first kappa shape index (κ1) is 58.7. The molecule has 0 fully saturated rings. The van der Waals surface area contributed by atoms with Crippen LogP contribution in [-0.2, 0) is 23.9 Å². The molecule has 9 nitrogen and oxygen atoms in total. The van der Waals surface area contributed by atoms with Crippen molar-refractivity contribution in [1.29, 1.82) is 0 Å². The quantitative estimate of drug-likeness (QED) is 0.0460. The zero-order valence-electron chi connectivity index (χ0n) is 42.7. The molecule has 2 unspecified atom stereocenters. The molecule has 1 aliphatic rings. The maximum absolute atomic E-state index is 12.9. The third-order valence-electron chi connectivity index (χ3n) is 13.4. The fourth-order valence-corrected chi connectivity index (χ4v) is 9.05. The van der Waals surface area contributed by atoms with Crippen molar-refractivity contribution in [3.05, 3.63) is 11.4 Å². The minimum Gasteiger partial charge on any atom is -0.462 e. The molecule has 0 aromatic rings. The molecule has 0 radical (unpaired) electrons. The van der Waals surface area contributed by atoms with E-state index in [-0.39, 0.29) is 36.1 Å². The lowest BCUT2D eigenvalue weighted by molar-refractivity contribution is -0.150. The van der Waals surface area contributed by atoms with Crippen LogP contribution in [0.2, 0.25) is 0 Å². The van der Waals surface area contributed by atoms with E-state index in [1.165, 1.54) is 122 Å². The van der Waals surface area contributed by atoms with E-state index in [4.69, 9.17) is 9.47 Å². The third kappa shape index (κ3) is 30.5. The van der Waals surface area contributed by atoms with Gasteiger partial charge in [-0.2, -0.15) is 0 Å². The van der Waals surface area contributed by atoms with Gasteiger partial charge >= 0.3 is 11.9 Å². The van der Waals surface area contributed by atoms with Gasteiger partial charge in [0.05, 0.1) is 11.7 Å². The largest absolute Gasteiger partial charge is 0.462 e. The molecule has 0 spiro atoms. The number of unbranched alkanes of at least 4 members (excludes halogenated alkanes) is 23. The summed E-state index contributed by atoms with van der Waals surface area (Å²) in [6.07, 6.45) is 40.1. The minimum atomic E-state index is -0.0168. The summed E-state index contributed by atoms with van der Waals surface area (Å²) in [6, 6.07) is 0.0580. The van der Waals surface area contributed by atoms with Crippen LogP contribution >= 0.6 is 0 Å². The van der Waals surface area contributed by atoms with Crippen molar-refractivity contribution < 1.29 is 23.9 Å². The van der Waals surface area contributed by atoms with Crippen molar-refractivity contribution in [3.8, 4) is 0 Å². The van der Waals surface area contributed by atoms with Crippen molar-refractivity contribution in [2.24, 2.45) is 0 Å². The van der Waals surface area contributed by atoms with Crippen LogP contribution in [0.4, 0.5) is 0 Å². The smallest absolute Gasteiger partial charge is 0.306 e. The Morgan fingerprint density at radius 3 is 1.38 bits per heavy atom. The first-order valence-corrected chi connectivity index (χ1v) is 27.3. The third-order valence-corrected chi connectivity index (χ3v) is 13.4. The van der Waals surface area contributed by atoms with Gasteiger partial charge in [0.25, 0.3) is 5.91 Å². The van der Waals surface area contributed by atoms with Crippen molar-refractivity contribution in [2.75, 3.05) is 40.3 Å². The average molecular weight is 889 g/mol. The Kier molecular flexibility index (Phi) is 38.4. The fraction of sp³-hybridized carbons (Fsp3) is 0.907. The predicted molar refractivity (Wildman–Crippen MR) is 267 cm³/mol. The molecule has 1 heterocycles. The number of hydrogen-bond donors (Lipinski definition) is 2. The van der Waals surface area contributed by atoms with Gasteiger partial charge in [-0.1, -0.05) is 163 Å². The molecule has 1 rings (SSSR count). The molecule has 0 saturated heterocycles. The Hall–Kier alpha value is -2.29. The average Bonchev–Trinajstić information content (AvgIpc) is 3.48. The van der Waals surface area contributed by atoms with Crippen molar-refractivity contribution in [3.63, 3.8) is 0 Å². The summed E-state index contributed by atoms with van der Waals surface area (Å²) in [7, 11) is 3.76. The second kappa shape index (κ2) is 41.2. The van der Waals surface area contributed by atoms with Gasteiger partial charge in [-0.25, -0.2) is 0 Å². The molecule has 9 heteroatoms. The van der Waals surface area contributed by atoms with Gasteiger partial charge in [0.15, 0.2) is 0 Å². The number of nitrogens with zero attached hydrogens (tertiary/aromatic N) is 2. The second-order valence-corrected chi connectivity index (χ2v) is 19.1. The topological polar surface area (TPSA) is 100 Å². The van der Waals surface area contributed by atoms with E-state index in [1.54, 1.807) is 4.90 Å². The molecule has 0 aromatic carbocycles. The summed E-state index contributed by atoms with van der Waals surface area (Å²) < 4.78 is 11.9. The lowest BCUT2D eigenvalue weighted by atomic mass is 10.0. The highest BCUT2D eigenvalue weighted by molar-refractivity contribution is 5.96. The standard InChI is InChI=1S/C54H104N4O5/c1-8-12-15-18-23-30-38-48(11-4)62-50(59)41-33-26-21-28-35-44-58(46-37-43-56-53-52(55-6)47(5)57(7)54(53)61)45-36-29-22-27-34-42-51(60)63-49(39-31-24-19-16-13-9-2)40-32-25-20-17-14-10-3/h47-49,55-56H,8-46H2,1-7H3. The number of likely N-dealkylation sites (N-methyl/N-ethyl adjacent to an activating group) is 2. The minimum absolute atomic E-state index is 0.0126. The van der Waals surface area contributed by atoms with E-state index in [1.807, 2.05) is 14.1 Å². The molecule has 1 amide bonds. The van der Waals surface area contributed by atoms with Crippen LogP contribution in [0.15, 0.2) is 11.4 Å². The van der Waals surface area contributed by atoms with Crippen LogP contribution in [0.25, 0.3) is 0 Å². The Morgan fingerprint density at radius 1 is 0.556 bits per heavy atom. The summed E-state index contributed by atoms with van der Waals surface area (Å²) in [5.41, 5.74) is 1.68. The Labute approximate surface area is 390 Å². The molecule has 370 valence electrons. The molecule has 0 aliphatic carbocycles. The van der Waals surface area contributed by atoms with E-state index in [0.717, 1.165) is 122 Å². The van der Waals surface area contributed by atoms with Crippen LogP contribution in [0.1, 0.15) is 259 Å². The van der Waals surface area contributed by atoms with Gasteiger partial charge in [0.1, 0.15) is 17.9 Å². The number of carbonyl (C=O) groups is 3. The van der Waals surface area contributed by atoms with Crippen LogP contribution in [0.5, 0.6) is 0 Å². The number of ether oxygens (including phenoxy) is 2. The van der Waals surface area contributed by atoms with Crippen molar-refractivity contribution in [2.45, 2.75) is 278 Å². The van der Waals surface area contributed by atoms with Crippen LogP contribution in [0, 0.1) is 0 Å². The van der Waals surface area contributed by atoms with Crippen LogP contribution < -0.4 is 10.6 Å². The number of nitrogens with one attached hydrogen (secondary N) is 2. The predicted octanol–water partition coefficient (Wildman–Crippen LogP) is 13.7. The zero-order valence-corrected chi connectivity index (χ0v) is 42.7. The molecule has 1 aliphatic heterocycles. The van der Waals surface area contributed by atoms with Crippen LogP contribution in [-0.4, -0.2) is 86.2 Å². The van der Waals surface area contributed by atoms with Gasteiger partial charge in [-0.15, -0.1) is 0 Å². The highest BCUT2D eigenvalue weighted by atomic mass is 16.5. The second-order valence-electron chi connectivity index (χ2n) is 19.1. The zero-order chi connectivity index (χ0) is 46.2. The van der Waals surface area contributed by atoms with Gasteiger partial charge in [-0.3, -0.25) is 14.4 Å². The van der Waals surface area contributed by atoms with E-state index >= 15 is 0 Å². The number of carbonyl (C=O) groups excluding carboxylic acids is 3. The van der Waals surface area contributed by atoms with Crippen molar-refractivity contribution >= 4 is 17.8 Å². The maximum Gasteiger partial charge on any atom is 0.306 e. The van der Waals surface area contributed by atoms with Crippen LogP contribution in [0.3, 0.4) is 0 Å². The Bertz CT molecular complexity index is 1130. The molecule has 0 bridgehead atoms. The van der Waals surface area contributed by atoms with E-state index < -0.39 is 0 Å². The van der Waals surface area contributed by atoms with E-state index in [9.17, 15) is 14.4 Å². The number of rotatable bonds is 46. The summed E-state index contributed by atoms with van der Waals surface area (Å²) >= 11 is 0. The molecule has 63 heavy (non-hydrogen) atoms. The first-order chi connectivity index (χ1) is 30.7. The number of hydrogen-bond acceptors (Lipinski definition) is 8. The van der Waals surface area contributed by atoms with Gasteiger partial charge in [0, 0.05) is 33.5 Å². The molecule has 2 atom stereocenters. The van der Waals surface area contributed by atoms with Gasteiger partial charge < -0.3 is 29.9 Å². The Morgan fingerprint density at radius 2 is 0.937 bits per heavy atom. The molecular formula is C54H104N4O5. The maximum atomic E-state index is 12.9. The lowest BCUT2D eigenvalue weighted by Crippen LogP contribution is -2.33. The van der Waals surface area contributed by atoms with E-state index in [2.05, 4.69) is 50.2 Å². The summed E-state index contributed by atoms with van der Waals surface area (Å²) in [4.78, 5) is 42.7. The molecular weight excluding hydrogens is 785 g/mol. The van der Waals surface area contributed by atoms with Gasteiger partial charge in [-0.05, 0) is 104 Å². The SMILES string of the molecule is CCCCCCCCC(CC)OC(=O)CCCCCCCN(CCCCCCCC(=O)OC(CCCCCCCC)CCCCCCCC)CCCNC1=C(NC)C(C)N(C)C1=O. The highest BCUT2D eigenvalue weighted by Crippen LogP contribution is 2.21. The monoisotopic (exact) mass is 889 g/mol. The summed E-state index contributed by atoms with van der Waals surface area (Å²) in [5.74, 6) is 0.0557.